The molecule has 1 aliphatic rings. The molecule has 5 heteroatoms. The van der Waals surface area contributed by atoms with E-state index in [1.807, 2.05) is 0 Å². The molecule has 42 valence electrons. The number of hydrogen-bond acceptors (Lipinski definition) is 3. The van der Waals surface area contributed by atoms with Crippen molar-refractivity contribution in [2.45, 2.75) is 12.0 Å². The van der Waals surface area contributed by atoms with Crippen LogP contribution in [-0.4, -0.2) is 13.8 Å². The summed E-state index contributed by atoms with van der Waals surface area (Å²) in [4.78, 5) is 4.36. The Morgan fingerprint density at radius 3 is 2.43 bits per heavy atom. The van der Waals surface area contributed by atoms with Gasteiger partial charge in [0.05, 0.1) is 0 Å². The lowest BCUT2D eigenvalue weighted by Gasteiger charge is -1.88. The lowest BCUT2D eigenvalue weighted by molar-refractivity contribution is 0.351. The summed E-state index contributed by atoms with van der Waals surface area (Å²) in [5.74, 6) is 0. The zero-order chi connectivity index (χ0) is 5.49. The van der Waals surface area contributed by atoms with E-state index in [1.165, 1.54) is 6.92 Å². The highest BCUT2D eigenvalue weighted by Gasteiger charge is 2.46. The molecule has 2 unspecified atom stereocenters. The molecular weight excluding hydrogens is 118 g/mol. The molecule has 0 bridgehead atoms. The summed E-state index contributed by atoms with van der Waals surface area (Å²) >= 11 is -1.91. The summed E-state index contributed by atoms with van der Waals surface area (Å²) < 4.78 is 18.2. The minimum absolute atomic E-state index is 0.972. The van der Waals surface area contributed by atoms with Crippen LogP contribution in [0.4, 0.5) is 0 Å². The number of hydroxylamine groups is 1. The first-order valence-electron chi connectivity index (χ1n) is 1.71. The standard InChI is InChI=1S/C2H5NO3S/c1-2(3-6-2)7(4)5/h3H,1H3,(H,4,5). The van der Waals surface area contributed by atoms with Crippen molar-refractivity contribution in [2.75, 3.05) is 0 Å². The molecule has 1 rings (SSSR count). The highest BCUT2D eigenvalue weighted by atomic mass is 32.2. The SMILES string of the molecule is CC1(S(=O)O)NO1. The molecule has 7 heavy (non-hydrogen) atoms. The van der Waals surface area contributed by atoms with Gasteiger partial charge >= 0.3 is 0 Å². The van der Waals surface area contributed by atoms with Crippen molar-refractivity contribution >= 4 is 11.1 Å². The monoisotopic (exact) mass is 123 g/mol. The van der Waals surface area contributed by atoms with Crippen LogP contribution in [0.5, 0.6) is 0 Å². The maximum atomic E-state index is 10.0. The van der Waals surface area contributed by atoms with E-state index in [9.17, 15) is 4.21 Å². The fraction of sp³-hybridized carbons (Fsp3) is 1.00. The molecule has 0 radical (unpaired) electrons. The van der Waals surface area contributed by atoms with Gasteiger partial charge in [0.25, 0.3) is 5.06 Å². The summed E-state index contributed by atoms with van der Waals surface area (Å²) in [6.45, 7) is 1.49. The highest BCUT2D eigenvalue weighted by molar-refractivity contribution is 7.80. The first-order chi connectivity index (χ1) is 3.15. The van der Waals surface area contributed by atoms with Gasteiger partial charge in [0.1, 0.15) is 0 Å². The van der Waals surface area contributed by atoms with Crippen molar-refractivity contribution in [1.29, 1.82) is 0 Å². The number of nitrogens with one attached hydrogen (secondary N) is 1. The molecule has 1 fully saturated rings. The van der Waals surface area contributed by atoms with E-state index in [1.54, 1.807) is 0 Å². The van der Waals surface area contributed by atoms with Gasteiger partial charge < -0.3 is 4.55 Å². The predicted molar refractivity (Wildman–Crippen MR) is 23.4 cm³/mol. The zero-order valence-electron chi connectivity index (χ0n) is 3.67. The summed E-state index contributed by atoms with van der Waals surface area (Å²) in [5, 5.41) is -0.972. The molecular formula is C2H5NO3S. The van der Waals surface area contributed by atoms with Crippen LogP contribution >= 0.6 is 0 Å². The Hall–Kier alpha value is 0.0300. The largest absolute Gasteiger partial charge is 0.303 e. The Bertz CT molecular complexity index is 110. The van der Waals surface area contributed by atoms with Gasteiger partial charge in [-0.2, -0.15) is 5.48 Å². The average molecular weight is 123 g/mol. The Balaban J connectivity index is 2.55. The summed E-state index contributed by atoms with van der Waals surface area (Å²) in [6.07, 6.45) is 0. The molecule has 0 aromatic heterocycles. The van der Waals surface area contributed by atoms with Gasteiger partial charge in [-0.25, -0.2) is 4.21 Å². The Kier molecular flexibility index (Phi) is 0.927. The molecule has 0 aliphatic carbocycles. The predicted octanol–water partition coefficient (Wildman–Crippen LogP) is -0.583. The summed E-state index contributed by atoms with van der Waals surface area (Å²) in [7, 11) is 0. The smallest absolute Gasteiger partial charge is 0.259 e. The minimum Gasteiger partial charge on any atom is -0.303 e. The fourth-order valence-corrected chi connectivity index (χ4v) is 0.327. The average Bonchev–Trinajstić information content (AvgIpc) is 2.21. The maximum Gasteiger partial charge on any atom is 0.259 e. The van der Waals surface area contributed by atoms with E-state index < -0.39 is 16.1 Å². The van der Waals surface area contributed by atoms with Crippen LogP contribution in [0.1, 0.15) is 6.92 Å². The maximum absolute atomic E-state index is 10.0. The molecule has 0 amide bonds. The van der Waals surface area contributed by atoms with Gasteiger partial charge in [0.15, 0.2) is 0 Å². The highest BCUT2D eigenvalue weighted by Crippen LogP contribution is 2.20. The van der Waals surface area contributed by atoms with Crippen molar-refractivity contribution in [3.63, 3.8) is 0 Å². The van der Waals surface area contributed by atoms with Crippen molar-refractivity contribution in [3.05, 3.63) is 0 Å². The zero-order valence-corrected chi connectivity index (χ0v) is 4.49. The fourth-order valence-electron chi connectivity index (χ4n) is 0.143. The van der Waals surface area contributed by atoms with E-state index >= 15 is 0 Å². The van der Waals surface area contributed by atoms with E-state index in [2.05, 4.69) is 10.3 Å². The van der Waals surface area contributed by atoms with E-state index in [0.717, 1.165) is 0 Å². The van der Waals surface area contributed by atoms with Crippen molar-refractivity contribution in [3.8, 4) is 0 Å². The van der Waals surface area contributed by atoms with Crippen LogP contribution in [-0.2, 0) is 15.9 Å². The van der Waals surface area contributed by atoms with E-state index in [4.69, 9.17) is 4.55 Å². The third-order valence-corrected chi connectivity index (χ3v) is 1.56. The van der Waals surface area contributed by atoms with Crippen molar-refractivity contribution < 1.29 is 13.6 Å². The molecule has 2 N–H and O–H groups in total. The van der Waals surface area contributed by atoms with Crippen LogP contribution in [0.3, 0.4) is 0 Å². The third kappa shape index (κ3) is 0.805. The number of rotatable bonds is 1. The van der Waals surface area contributed by atoms with Crippen LogP contribution in [0.25, 0.3) is 0 Å². The minimum atomic E-state index is -1.91. The third-order valence-electron chi connectivity index (χ3n) is 0.723. The molecule has 1 aliphatic heterocycles. The lowest BCUT2D eigenvalue weighted by Crippen LogP contribution is -2.15. The molecule has 0 aromatic carbocycles. The van der Waals surface area contributed by atoms with Gasteiger partial charge in [-0.15, -0.1) is 0 Å². The quantitative estimate of drug-likeness (QED) is 0.361. The van der Waals surface area contributed by atoms with Crippen LogP contribution in [0.15, 0.2) is 0 Å². The topological polar surface area (TPSA) is 71.8 Å². The van der Waals surface area contributed by atoms with Gasteiger partial charge in [0, 0.05) is 0 Å². The van der Waals surface area contributed by atoms with E-state index in [0.29, 0.717) is 0 Å². The second-order valence-corrected chi connectivity index (χ2v) is 2.68. The normalized spacial score (nSPS) is 43.1. The van der Waals surface area contributed by atoms with Crippen LogP contribution in [0, 0.1) is 0 Å². The van der Waals surface area contributed by atoms with Gasteiger partial charge in [0.2, 0.25) is 11.1 Å². The van der Waals surface area contributed by atoms with Crippen LogP contribution in [0.2, 0.25) is 0 Å². The summed E-state index contributed by atoms with van der Waals surface area (Å²) in [5.41, 5.74) is 2.26. The molecule has 4 nitrogen and oxygen atoms in total. The van der Waals surface area contributed by atoms with Gasteiger partial charge in [-0.05, 0) is 6.92 Å². The summed E-state index contributed by atoms with van der Waals surface area (Å²) in [6, 6.07) is 0. The molecule has 0 aromatic rings. The first-order valence-corrected chi connectivity index (χ1v) is 2.82. The second kappa shape index (κ2) is 1.25. The Morgan fingerprint density at radius 1 is 2.00 bits per heavy atom. The Morgan fingerprint density at radius 2 is 2.43 bits per heavy atom. The van der Waals surface area contributed by atoms with Crippen molar-refractivity contribution in [2.24, 2.45) is 0 Å². The first kappa shape index (κ1) is 5.17. The second-order valence-electron chi connectivity index (χ2n) is 1.40. The van der Waals surface area contributed by atoms with E-state index in [-0.39, 0.29) is 0 Å². The lowest BCUT2D eigenvalue weighted by atomic mass is 10.8. The molecule has 1 heterocycles. The molecule has 2 atom stereocenters. The number of hydrogen-bond donors (Lipinski definition) is 2. The molecule has 0 spiro atoms. The van der Waals surface area contributed by atoms with Crippen LogP contribution < -0.4 is 5.48 Å². The Labute approximate surface area is 43.1 Å². The van der Waals surface area contributed by atoms with Crippen molar-refractivity contribution in [1.82, 2.24) is 5.48 Å². The molecule has 1 saturated heterocycles. The van der Waals surface area contributed by atoms with Gasteiger partial charge in [-0.3, -0.25) is 4.84 Å². The molecule has 0 saturated carbocycles. The van der Waals surface area contributed by atoms with Gasteiger partial charge in [-0.1, -0.05) is 0 Å².